The molecule has 19 heavy (non-hydrogen) atoms. The van der Waals surface area contributed by atoms with Gasteiger partial charge in [-0.1, -0.05) is 29.8 Å². The normalized spacial score (nSPS) is 10.5. The topological polar surface area (TPSA) is 34.1 Å². The zero-order chi connectivity index (χ0) is 13.7. The van der Waals surface area contributed by atoms with Gasteiger partial charge in [0.25, 0.3) is 0 Å². The molecule has 1 aromatic carbocycles. The van der Waals surface area contributed by atoms with Gasteiger partial charge in [-0.05, 0) is 40.0 Å². The Balaban J connectivity index is 2.22. The second-order valence-electron chi connectivity index (χ2n) is 4.01. The summed E-state index contributed by atoms with van der Waals surface area (Å²) in [7, 11) is 1.70. The van der Waals surface area contributed by atoms with Crippen LogP contribution in [0.25, 0.3) is 0 Å². The number of halogens is 2. The van der Waals surface area contributed by atoms with E-state index in [1.165, 1.54) is 5.56 Å². The molecule has 100 valence electrons. The van der Waals surface area contributed by atoms with E-state index in [0.29, 0.717) is 17.4 Å². The van der Waals surface area contributed by atoms with Crippen molar-refractivity contribution >= 4 is 39.0 Å². The molecule has 5 heteroatoms. The molecular formula is C14H14BrClN2O. The molecule has 0 unspecified atom stereocenters. The van der Waals surface area contributed by atoms with Crippen molar-refractivity contribution in [2.45, 2.75) is 6.42 Å². The molecule has 0 spiro atoms. The van der Waals surface area contributed by atoms with Gasteiger partial charge in [-0.3, -0.25) is 0 Å². The number of methoxy groups -OCH3 is 1. The fraction of sp³-hybridized carbons (Fsp3) is 0.214. The number of benzene rings is 1. The van der Waals surface area contributed by atoms with Crippen LogP contribution in [0.15, 0.2) is 41.0 Å². The van der Waals surface area contributed by atoms with Crippen molar-refractivity contribution in [2.75, 3.05) is 19.0 Å². The highest BCUT2D eigenvalue weighted by Crippen LogP contribution is 2.27. The van der Waals surface area contributed by atoms with Crippen LogP contribution in [0, 0.1) is 0 Å². The third-order valence-electron chi connectivity index (χ3n) is 2.65. The van der Waals surface area contributed by atoms with Gasteiger partial charge in [0.15, 0.2) is 0 Å². The highest BCUT2D eigenvalue weighted by Gasteiger charge is 2.06. The summed E-state index contributed by atoms with van der Waals surface area (Å²) in [5, 5.41) is 3.84. The van der Waals surface area contributed by atoms with Gasteiger partial charge < -0.3 is 10.1 Å². The van der Waals surface area contributed by atoms with E-state index in [0.717, 1.165) is 16.6 Å². The molecule has 0 aliphatic rings. The van der Waals surface area contributed by atoms with Crippen LogP contribution in [0.2, 0.25) is 5.02 Å². The highest BCUT2D eigenvalue weighted by atomic mass is 79.9. The second-order valence-corrected chi connectivity index (χ2v) is 5.33. The molecule has 0 fully saturated rings. The average molecular weight is 342 g/mol. The number of anilines is 2. The number of para-hydroxylation sites is 1. The van der Waals surface area contributed by atoms with E-state index in [-0.39, 0.29) is 0 Å². The zero-order valence-electron chi connectivity index (χ0n) is 10.5. The first-order valence-corrected chi connectivity index (χ1v) is 7.02. The Hall–Kier alpha value is -1.10. The van der Waals surface area contributed by atoms with E-state index in [1.54, 1.807) is 13.3 Å². The quantitative estimate of drug-likeness (QED) is 0.873. The molecule has 0 radical (unpaired) electrons. The minimum Gasteiger partial charge on any atom is -0.384 e. The Morgan fingerprint density at radius 3 is 2.89 bits per heavy atom. The summed E-state index contributed by atoms with van der Waals surface area (Å²) in [5.74, 6) is 0.648. The smallest absolute Gasteiger partial charge is 0.149 e. The van der Waals surface area contributed by atoms with Crippen LogP contribution in [0.5, 0.6) is 0 Å². The maximum Gasteiger partial charge on any atom is 0.149 e. The molecule has 0 atom stereocenters. The number of hydrogen-bond acceptors (Lipinski definition) is 3. The molecule has 1 aromatic heterocycles. The van der Waals surface area contributed by atoms with Gasteiger partial charge >= 0.3 is 0 Å². The Labute approximate surface area is 126 Å². The van der Waals surface area contributed by atoms with Crippen LogP contribution in [0.4, 0.5) is 11.5 Å². The maximum atomic E-state index is 6.16. The molecule has 0 aliphatic heterocycles. The molecule has 0 saturated heterocycles. The second kappa shape index (κ2) is 6.89. The van der Waals surface area contributed by atoms with E-state index >= 15 is 0 Å². The van der Waals surface area contributed by atoms with E-state index in [4.69, 9.17) is 16.3 Å². The van der Waals surface area contributed by atoms with Crippen molar-refractivity contribution in [1.29, 1.82) is 0 Å². The summed E-state index contributed by atoms with van der Waals surface area (Å²) in [6.45, 7) is 0.681. The predicted octanol–water partition coefficient (Wildman–Crippen LogP) is 4.43. The zero-order valence-corrected chi connectivity index (χ0v) is 12.8. The molecular weight excluding hydrogens is 328 g/mol. The Kier molecular flexibility index (Phi) is 5.19. The van der Waals surface area contributed by atoms with Crippen molar-refractivity contribution in [3.8, 4) is 0 Å². The number of rotatable bonds is 5. The molecule has 0 amide bonds. The van der Waals surface area contributed by atoms with Gasteiger partial charge in [-0.25, -0.2) is 4.98 Å². The Bertz CT molecular complexity index is 563. The first-order chi connectivity index (χ1) is 9.20. The van der Waals surface area contributed by atoms with Crippen molar-refractivity contribution in [3.63, 3.8) is 0 Å². The van der Waals surface area contributed by atoms with Crippen LogP contribution in [0.3, 0.4) is 0 Å². The average Bonchev–Trinajstić information content (AvgIpc) is 2.41. The maximum absolute atomic E-state index is 6.16. The largest absolute Gasteiger partial charge is 0.384 e. The number of pyridine rings is 1. The van der Waals surface area contributed by atoms with Crippen molar-refractivity contribution in [3.05, 3.63) is 51.6 Å². The van der Waals surface area contributed by atoms with E-state index < -0.39 is 0 Å². The summed E-state index contributed by atoms with van der Waals surface area (Å²) in [5.41, 5.74) is 2.17. The monoisotopic (exact) mass is 340 g/mol. The van der Waals surface area contributed by atoms with Crippen molar-refractivity contribution < 1.29 is 4.74 Å². The van der Waals surface area contributed by atoms with Gasteiger partial charge in [0.1, 0.15) is 5.82 Å². The summed E-state index contributed by atoms with van der Waals surface area (Å²) in [4.78, 5) is 4.27. The third-order valence-corrected chi connectivity index (χ3v) is 3.38. The van der Waals surface area contributed by atoms with E-state index in [9.17, 15) is 0 Å². The Morgan fingerprint density at radius 1 is 1.37 bits per heavy atom. The molecule has 1 heterocycles. The van der Waals surface area contributed by atoms with Crippen LogP contribution in [0.1, 0.15) is 5.56 Å². The van der Waals surface area contributed by atoms with Crippen molar-refractivity contribution in [2.24, 2.45) is 0 Å². The lowest BCUT2D eigenvalue weighted by Gasteiger charge is -2.12. The fourth-order valence-electron chi connectivity index (χ4n) is 1.71. The number of hydrogen-bond donors (Lipinski definition) is 1. The predicted molar refractivity (Wildman–Crippen MR) is 82.3 cm³/mol. The van der Waals surface area contributed by atoms with Crippen LogP contribution < -0.4 is 5.32 Å². The molecule has 2 aromatic rings. The lowest BCUT2D eigenvalue weighted by molar-refractivity contribution is 0.202. The van der Waals surface area contributed by atoms with Gasteiger partial charge in [-0.2, -0.15) is 0 Å². The number of nitrogens with zero attached hydrogens (tertiary/aromatic N) is 1. The highest BCUT2D eigenvalue weighted by molar-refractivity contribution is 9.10. The first-order valence-electron chi connectivity index (χ1n) is 5.85. The van der Waals surface area contributed by atoms with Crippen LogP contribution >= 0.6 is 27.5 Å². The van der Waals surface area contributed by atoms with Crippen LogP contribution in [-0.4, -0.2) is 18.7 Å². The molecule has 0 saturated carbocycles. The van der Waals surface area contributed by atoms with Crippen molar-refractivity contribution in [1.82, 2.24) is 4.98 Å². The summed E-state index contributed by atoms with van der Waals surface area (Å²) in [6.07, 6.45) is 2.56. The Morgan fingerprint density at radius 2 is 2.16 bits per heavy atom. The van der Waals surface area contributed by atoms with Gasteiger partial charge in [0.2, 0.25) is 0 Å². The molecule has 0 aliphatic carbocycles. The molecule has 1 N–H and O–H groups in total. The fourth-order valence-corrected chi connectivity index (χ4v) is 2.38. The third kappa shape index (κ3) is 3.93. The van der Waals surface area contributed by atoms with Gasteiger partial charge in [0, 0.05) is 23.5 Å². The van der Waals surface area contributed by atoms with Gasteiger partial charge in [0.05, 0.1) is 11.6 Å². The first kappa shape index (κ1) is 14.3. The van der Waals surface area contributed by atoms with Crippen LogP contribution in [-0.2, 0) is 11.2 Å². The lowest BCUT2D eigenvalue weighted by atomic mass is 10.1. The molecule has 0 bridgehead atoms. The number of aromatic nitrogens is 1. The summed E-state index contributed by atoms with van der Waals surface area (Å²) >= 11 is 9.50. The summed E-state index contributed by atoms with van der Waals surface area (Å²) < 4.78 is 5.97. The molecule has 3 nitrogen and oxygen atoms in total. The summed E-state index contributed by atoms with van der Waals surface area (Å²) in [6, 6.07) is 9.87. The number of nitrogens with one attached hydrogen (secondary N) is 1. The number of ether oxygens (including phenoxy) is 1. The van der Waals surface area contributed by atoms with E-state index in [2.05, 4.69) is 32.3 Å². The SMILES string of the molecule is COCCc1ccccc1Nc1ncc(Br)cc1Cl. The van der Waals surface area contributed by atoms with E-state index in [1.807, 2.05) is 24.3 Å². The minimum atomic E-state index is 0.580. The lowest BCUT2D eigenvalue weighted by Crippen LogP contribution is -2.01. The minimum absolute atomic E-state index is 0.580. The van der Waals surface area contributed by atoms with Gasteiger partial charge in [-0.15, -0.1) is 0 Å². The standard InChI is InChI=1S/C14H14BrClN2O/c1-19-7-6-10-4-2-3-5-13(10)18-14-12(16)8-11(15)9-17-14/h2-5,8-9H,6-7H2,1H3,(H,17,18). The molecule has 2 rings (SSSR count).